The van der Waals surface area contributed by atoms with Gasteiger partial charge in [-0.1, -0.05) is 32.0 Å². The van der Waals surface area contributed by atoms with E-state index in [2.05, 4.69) is 10.2 Å². The third-order valence-electron chi connectivity index (χ3n) is 3.12. The molecule has 1 aromatic rings. The van der Waals surface area contributed by atoms with Crippen LogP contribution in [0.3, 0.4) is 0 Å². The van der Waals surface area contributed by atoms with Crippen LogP contribution >= 0.6 is 0 Å². The summed E-state index contributed by atoms with van der Waals surface area (Å²) in [5, 5.41) is 2.98. The average molecular weight is 264 g/mol. The van der Waals surface area contributed by atoms with Gasteiger partial charge in [0.1, 0.15) is 5.75 Å². The van der Waals surface area contributed by atoms with Gasteiger partial charge in [-0.15, -0.1) is 0 Å². The van der Waals surface area contributed by atoms with Crippen molar-refractivity contribution in [2.24, 2.45) is 5.92 Å². The Morgan fingerprint density at radius 1 is 1.32 bits per heavy atom. The van der Waals surface area contributed by atoms with Crippen molar-refractivity contribution in [2.45, 2.75) is 19.9 Å². The molecule has 0 spiro atoms. The Morgan fingerprint density at radius 3 is 2.47 bits per heavy atom. The zero-order chi connectivity index (χ0) is 14.4. The van der Waals surface area contributed by atoms with E-state index in [-0.39, 0.29) is 17.9 Å². The van der Waals surface area contributed by atoms with E-state index < -0.39 is 0 Å². The van der Waals surface area contributed by atoms with Gasteiger partial charge in [-0.05, 0) is 20.2 Å². The van der Waals surface area contributed by atoms with Crippen LogP contribution in [0.5, 0.6) is 5.75 Å². The fourth-order valence-corrected chi connectivity index (χ4v) is 1.91. The van der Waals surface area contributed by atoms with E-state index >= 15 is 0 Å². The third-order valence-corrected chi connectivity index (χ3v) is 3.12. The standard InChI is InChI=1S/C15H24N2O2/c1-11(2)15(18)16-10-13(17(3)4)12-8-6-7-9-14(12)19-5/h6-9,11,13H,10H2,1-5H3,(H,16,18)/t13-/m0/s1. The highest BCUT2D eigenvalue weighted by atomic mass is 16.5. The van der Waals surface area contributed by atoms with E-state index in [0.29, 0.717) is 6.54 Å². The summed E-state index contributed by atoms with van der Waals surface area (Å²) in [7, 11) is 5.66. The Labute approximate surface area is 115 Å². The quantitative estimate of drug-likeness (QED) is 0.855. The number of para-hydroxylation sites is 1. The van der Waals surface area contributed by atoms with Crippen molar-refractivity contribution in [1.82, 2.24) is 10.2 Å². The third kappa shape index (κ3) is 4.24. The lowest BCUT2D eigenvalue weighted by Crippen LogP contribution is -2.36. The zero-order valence-corrected chi connectivity index (χ0v) is 12.4. The molecular weight excluding hydrogens is 240 g/mol. The first kappa shape index (κ1) is 15.5. The maximum Gasteiger partial charge on any atom is 0.222 e. The number of rotatable bonds is 6. The van der Waals surface area contributed by atoms with E-state index in [1.165, 1.54) is 0 Å². The average Bonchev–Trinajstić information content (AvgIpc) is 2.38. The number of carbonyl (C=O) groups is 1. The van der Waals surface area contributed by atoms with Crippen molar-refractivity contribution in [3.8, 4) is 5.75 Å². The van der Waals surface area contributed by atoms with Crippen molar-refractivity contribution < 1.29 is 9.53 Å². The molecule has 1 aromatic carbocycles. The molecule has 0 heterocycles. The number of methoxy groups -OCH3 is 1. The molecule has 0 fully saturated rings. The fraction of sp³-hybridized carbons (Fsp3) is 0.533. The molecule has 106 valence electrons. The Hall–Kier alpha value is -1.55. The van der Waals surface area contributed by atoms with Crippen LogP contribution in [-0.4, -0.2) is 38.6 Å². The summed E-state index contributed by atoms with van der Waals surface area (Å²) in [6.07, 6.45) is 0. The summed E-state index contributed by atoms with van der Waals surface area (Å²) < 4.78 is 5.39. The largest absolute Gasteiger partial charge is 0.496 e. The Morgan fingerprint density at radius 2 is 1.95 bits per heavy atom. The fourth-order valence-electron chi connectivity index (χ4n) is 1.91. The Kier molecular flexibility index (Phi) is 5.83. The topological polar surface area (TPSA) is 41.6 Å². The molecule has 1 amide bonds. The van der Waals surface area contributed by atoms with E-state index in [0.717, 1.165) is 11.3 Å². The number of carbonyl (C=O) groups excluding carboxylic acids is 1. The molecule has 1 atom stereocenters. The lowest BCUT2D eigenvalue weighted by Gasteiger charge is -2.26. The molecule has 0 saturated carbocycles. The molecule has 0 radical (unpaired) electrons. The molecule has 0 bridgehead atoms. The number of hydrogen-bond donors (Lipinski definition) is 1. The highest BCUT2D eigenvalue weighted by Crippen LogP contribution is 2.27. The lowest BCUT2D eigenvalue weighted by atomic mass is 10.0. The van der Waals surface area contributed by atoms with Crippen molar-refractivity contribution in [2.75, 3.05) is 27.7 Å². The predicted octanol–water partition coefficient (Wildman–Crippen LogP) is 2.07. The van der Waals surface area contributed by atoms with Gasteiger partial charge in [0, 0.05) is 18.0 Å². The Bertz CT molecular complexity index is 416. The maximum absolute atomic E-state index is 11.7. The number of benzene rings is 1. The summed E-state index contributed by atoms with van der Waals surface area (Å²) >= 11 is 0. The first-order valence-corrected chi connectivity index (χ1v) is 6.54. The normalized spacial score (nSPS) is 12.6. The van der Waals surface area contributed by atoms with E-state index in [1.54, 1.807) is 7.11 Å². The number of nitrogens with zero attached hydrogens (tertiary/aromatic N) is 1. The zero-order valence-electron chi connectivity index (χ0n) is 12.4. The van der Waals surface area contributed by atoms with Gasteiger partial charge in [0.25, 0.3) is 0 Å². The molecule has 0 aromatic heterocycles. The van der Waals surface area contributed by atoms with Crippen LogP contribution in [0.15, 0.2) is 24.3 Å². The van der Waals surface area contributed by atoms with Crippen LogP contribution in [0.25, 0.3) is 0 Å². The summed E-state index contributed by atoms with van der Waals surface area (Å²) in [5.41, 5.74) is 1.08. The van der Waals surface area contributed by atoms with Crippen molar-refractivity contribution in [3.05, 3.63) is 29.8 Å². The molecule has 1 rings (SSSR count). The number of likely N-dealkylation sites (N-methyl/N-ethyl adjacent to an activating group) is 1. The van der Waals surface area contributed by atoms with Crippen molar-refractivity contribution in [1.29, 1.82) is 0 Å². The summed E-state index contributed by atoms with van der Waals surface area (Å²) in [6, 6.07) is 8.00. The van der Waals surface area contributed by atoms with Gasteiger partial charge < -0.3 is 15.0 Å². The number of nitrogens with one attached hydrogen (secondary N) is 1. The second-order valence-corrected chi connectivity index (χ2v) is 5.12. The van der Waals surface area contributed by atoms with E-state index in [1.807, 2.05) is 52.2 Å². The molecule has 0 aliphatic heterocycles. The van der Waals surface area contributed by atoms with Gasteiger partial charge in [0.05, 0.1) is 13.2 Å². The maximum atomic E-state index is 11.7. The van der Waals surface area contributed by atoms with Crippen LogP contribution in [0.1, 0.15) is 25.5 Å². The smallest absolute Gasteiger partial charge is 0.222 e. The van der Waals surface area contributed by atoms with Crippen LogP contribution in [-0.2, 0) is 4.79 Å². The molecule has 19 heavy (non-hydrogen) atoms. The summed E-state index contributed by atoms with van der Waals surface area (Å²) in [6.45, 7) is 4.36. The molecule has 0 unspecified atom stereocenters. The van der Waals surface area contributed by atoms with Crippen molar-refractivity contribution >= 4 is 5.91 Å². The SMILES string of the molecule is COc1ccccc1[C@H](CNC(=O)C(C)C)N(C)C. The van der Waals surface area contributed by atoms with Gasteiger partial charge >= 0.3 is 0 Å². The molecular formula is C15H24N2O2. The minimum atomic E-state index is 0.000446. The molecule has 1 N–H and O–H groups in total. The highest BCUT2D eigenvalue weighted by Gasteiger charge is 2.19. The van der Waals surface area contributed by atoms with Crippen LogP contribution < -0.4 is 10.1 Å². The van der Waals surface area contributed by atoms with Crippen LogP contribution in [0, 0.1) is 5.92 Å². The van der Waals surface area contributed by atoms with Gasteiger partial charge in [-0.3, -0.25) is 4.79 Å². The summed E-state index contributed by atoms with van der Waals surface area (Å²) in [5.74, 6) is 0.919. The first-order chi connectivity index (χ1) is 8.97. The monoisotopic (exact) mass is 264 g/mol. The number of amides is 1. The predicted molar refractivity (Wildman–Crippen MR) is 77.3 cm³/mol. The molecule has 0 saturated heterocycles. The highest BCUT2D eigenvalue weighted by molar-refractivity contribution is 5.77. The van der Waals surface area contributed by atoms with Gasteiger partial charge in [-0.25, -0.2) is 0 Å². The molecule has 4 heteroatoms. The van der Waals surface area contributed by atoms with Crippen LogP contribution in [0.2, 0.25) is 0 Å². The second-order valence-electron chi connectivity index (χ2n) is 5.12. The second kappa shape index (κ2) is 7.14. The summed E-state index contributed by atoms with van der Waals surface area (Å²) in [4.78, 5) is 13.8. The van der Waals surface area contributed by atoms with E-state index in [9.17, 15) is 4.79 Å². The van der Waals surface area contributed by atoms with E-state index in [4.69, 9.17) is 4.74 Å². The first-order valence-electron chi connectivity index (χ1n) is 6.54. The molecule has 0 aliphatic rings. The minimum Gasteiger partial charge on any atom is -0.496 e. The minimum absolute atomic E-state index is 0.000446. The van der Waals surface area contributed by atoms with Crippen molar-refractivity contribution in [3.63, 3.8) is 0 Å². The number of ether oxygens (including phenoxy) is 1. The molecule has 4 nitrogen and oxygen atoms in total. The number of hydrogen-bond acceptors (Lipinski definition) is 3. The molecule has 0 aliphatic carbocycles. The van der Waals surface area contributed by atoms with Gasteiger partial charge in [0.2, 0.25) is 5.91 Å². The van der Waals surface area contributed by atoms with Gasteiger partial charge in [0.15, 0.2) is 0 Å². The Balaban J connectivity index is 2.86. The van der Waals surface area contributed by atoms with Gasteiger partial charge in [-0.2, -0.15) is 0 Å². The lowest BCUT2D eigenvalue weighted by molar-refractivity contribution is -0.124. The van der Waals surface area contributed by atoms with Crippen LogP contribution in [0.4, 0.5) is 0 Å².